The summed E-state index contributed by atoms with van der Waals surface area (Å²) in [6, 6.07) is 4.67. The Morgan fingerprint density at radius 2 is 1.71 bits per heavy atom. The molecule has 3 N–H and O–H groups in total. The minimum atomic E-state index is -4.47. The maximum Gasteiger partial charge on any atom is 0.403 e. The largest absolute Gasteiger partial charge is 0.403 e. The maximum atomic E-state index is 12.2. The van der Waals surface area contributed by atoms with Gasteiger partial charge in [-0.1, -0.05) is 29.8 Å². The maximum absolute atomic E-state index is 12.2. The van der Waals surface area contributed by atoms with Crippen LogP contribution in [0.5, 0.6) is 0 Å². The SMILES string of the molecule is Cc1ccc([C@@H](O)C[C@H](N)C(F)(F)F)cc1.Cl. The molecule has 98 valence electrons. The molecule has 0 unspecified atom stereocenters. The van der Waals surface area contributed by atoms with Gasteiger partial charge in [-0.05, 0) is 12.5 Å². The molecular weight excluding hydrogens is 255 g/mol. The van der Waals surface area contributed by atoms with Crippen molar-refractivity contribution in [1.82, 2.24) is 0 Å². The van der Waals surface area contributed by atoms with Gasteiger partial charge in [0.25, 0.3) is 0 Å². The Bertz CT molecular complexity index is 340. The van der Waals surface area contributed by atoms with Crippen molar-refractivity contribution in [2.45, 2.75) is 31.7 Å². The molecule has 0 aromatic heterocycles. The molecular formula is C11H15ClF3NO. The lowest BCUT2D eigenvalue weighted by atomic mass is 10.0. The van der Waals surface area contributed by atoms with E-state index < -0.39 is 24.7 Å². The van der Waals surface area contributed by atoms with Crippen molar-refractivity contribution < 1.29 is 18.3 Å². The Morgan fingerprint density at radius 1 is 1.24 bits per heavy atom. The van der Waals surface area contributed by atoms with Crippen molar-refractivity contribution in [2.75, 3.05) is 0 Å². The summed E-state index contributed by atoms with van der Waals surface area (Å²) in [4.78, 5) is 0. The summed E-state index contributed by atoms with van der Waals surface area (Å²) in [6.07, 6.45) is -6.17. The Morgan fingerprint density at radius 3 is 2.12 bits per heavy atom. The van der Waals surface area contributed by atoms with Crippen LogP contribution < -0.4 is 5.73 Å². The van der Waals surface area contributed by atoms with Crippen molar-refractivity contribution in [3.05, 3.63) is 35.4 Å². The Labute approximate surface area is 104 Å². The smallest absolute Gasteiger partial charge is 0.388 e. The van der Waals surface area contributed by atoms with Gasteiger partial charge in [0.05, 0.1) is 6.10 Å². The zero-order valence-corrected chi connectivity index (χ0v) is 10.1. The molecule has 0 saturated carbocycles. The molecule has 1 aromatic carbocycles. The predicted octanol–water partition coefficient (Wildman–Crippen LogP) is 2.73. The van der Waals surface area contributed by atoms with Crippen LogP contribution in [0.3, 0.4) is 0 Å². The van der Waals surface area contributed by atoms with Gasteiger partial charge in [-0.3, -0.25) is 0 Å². The number of hydrogen-bond acceptors (Lipinski definition) is 2. The van der Waals surface area contributed by atoms with Crippen LogP contribution >= 0.6 is 12.4 Å². The summed E-state index contributed by atoms with van der Waals surface area (Å²) in [5.41, 5.74) is 6.37. The highest BCUT2D eigenvalue weighted by Crippen LogP contribution is 2.26. The van der Waals surface area contributed by atoms with E-state index in [4.69, 9.17) is 5.73 Å². The molecule has 0 amide bonds. The van der Waals surface area contributed by atoms with E-state index in [2.05, 4.69) is 0 Å². The summed E-state index contributed by atoms with van der Waals surface area (Å²) < 4.78 is 36.5. The van der Waals surface area contributed by atoms with Crippen LogP contribution in [0.15, 0.2) is 24.3 Å². The third-order valence-corrected chi connectivity index (χ3v) is 2.36. The predicted molar refractivity (Wildman–Crippen MR) is 62.0 cm³/mol. The summed E-state index contributed by atoms with van der Waals surface area (Å²) in [6.45, 7) is 1.86. The molecule has 0 saturated heterocycles. The van der Waals surface area contributed by atoms with E-state index in [0.29, 0.717) is 5.56 Å². The van der Waals surface area contributed by atoms with Gasteiger partial charge in [-0.25, -0.2) is 0 Å². The number of halogens is 4. The summed E-state index contributed by atoms with van der Waals surface area (Å²) in [5.74, 6) is 0. The van der Waals surface area contributed by atoms with Crippen LogP contribution in [0.4, 0.5) is 13.2 Å². The molecule has 0 aliphatic carbocycles. The first-order chi connectivity index (χ1) is 7.30. The molecule has 0 bridgehead atoms. The molecule has 1 aromatic rings. The van der Waals surface area contributed by atoms with Crippen molar-refractivity contribution in [3.63, 3.8) is 0 Å². The minimum absolute atomic E-state index is 0. The molecule has 0 aliphatic heterocycles. The third kappa shape index (κ3) is 4.93. The highest BCUT2D eigenvalue weighted by Gasteiger charge is 2.37. The van der Waals surface area contributed by atoms with Crippen LogP contribution in [-0.2, 0) is 0 Å². The number of aliphatic hydroxyl groups excluding tert-OH is 1. The van der Waals surface area contributed by atoms with E-state index in [1.807, 2.05) is 6.92 Å². The summed E-state index contributed by atoms with van der Waals surface area (Å²) >= 11 is 0. The van der Waals surface area contributed by atoms with Gasteiger partial charge in [-0.2, -0.15) is 13.2 Å². The molecule has 0 fully saturated rings. The Hall–Kier alpha value is -0.780. The quantitative estimate of drug-likeness (QED) is 0.886. The number of nitrogens with two attached hydrogens (primary N) is 1. The van der Waals surface area contributed by atoms with E-state index in [1.54, 1.807) is 24.3 Å². The highest BCUT2D eigenvalue weighted by molar-refractivity contribution is 5.85. The van der Waals surface area contributed by atoms with Crippen molar-refractivity contribution in [1.29, 1.82) is 0 Å². The van der Waals surface area contributed by atoms with Crippen LogP contribution in [0, 0.1) is 6.92 Å². The monoisotopic (exact) mass is 269 g/mol. The molecule has 0 spiro atoms. The standard InChI is InChI=1S/C11H14F3NO.ClH/c1-7-2-4-8(5-3-7)9(16)6-10(15)11(12,13)14;/h2-5,9-10,16H,6,15H2,1H3;1H/t9-,10-;/m0./s1. The van der Waals surface area contributed by atoms with Crippen LogP contribution in [0.25, 0.3) is 0 Å². The topological polar surface area (TPSA) is 46.2 Å². The van der Waals surface area contributed by atoms with Crippen molar-refractivity contribution in [3.8, 4) is 0 Å². The first-order valence-electron chi connectivity index (χ1n) is 4.87. The Balaban J connectivity index is 0.00000256. The number of alkyl halides is 3. The Kier molecular flexibility index (Phi) is 5.95. The lowest BCUT2D eigenvalue weighted by Gasteiger charge is -2.19. The molecule has 1 rings (SSSR count). The van der Waals surface area contributed by atoms with Gasteiger partial charge in [0, 0.05) is 6.42 Å². The number of benzene rings is 1. The van der Waals surface area contributed by atoms with Crippen LogP contribution in [-0.4, -0.2) is 17.3 Å². The first kappa shape index (κ1) is 16.2. The zero-order chi connectivity index (χ0) is 12.3. The van der Waals surface area contributed by atoms with E-state index >= 15 is 0 Å². The zero-order valence-electron chi connectivity index (χ0n) is 9.24. The minimum Gasteiger partial charge on any atom is -0.388 e. The fourth-order valence-corrected chi connectivity index (χ4v) is 1.30. The average Bonchev–Trinajstić information content (AvgIpc) is 2.17. The van der Waals surface area contributed by atoms with Gasteiger partial charge in [-0.15, -0.1) is 12.4 Å². The summed E-state index contributed by atoms with van der Waals surface area (Å²) in [7, 11) is 0. The molecule has 17 heavy (non-hydrogen) atoms. The molecule has 6 heteroatoms. The fourth-order valence-electron chi connectivity index (χ4n) is 1.30. The number of aryl methyl sites for hydroxylation is 1. The second-order valence-electron chi connectivity index (χ2n) is 3.81. The molecule has 2 nitrogen and oxygen atoms in total. The second-order valence-corrected chi connectivity index (χ2v) is 3.81. The lowest BCUT2D eigenvalue weighted by molar-refractivity contribution is -0.153. The van der Waals surface area contributed by atoms with Gasteiger partial charge in [0.2, 0.25) is 0 Å². The number of rotatable bonds is 3. The number of hydrogen-bond donors (Lipinski definition) is 2. The normalized spacial score (nSPS) is 14.9. The lowest BCUT2D eigenvalue weighted by Crippen LogP contribution is -2.38. The van der Waals surface area contributed by atoms with E-state index in [1.165, 1.54) is 0 Å². The molecule has 2 atom stereocenters. The van der Waals surface area contributed by atoms with Crippen molar-refractivity contribution in [2.24, 2.45) is 5.73 Å². The first-order valence-corrected chi connectivity index (χ1v) is 4.87. The van der Waals surface area contributed by atoms with Crippen LogP contribution in [0.2, 0.25) is 0 Å². The molecule has 0 heterocycles. The van der Waals surface area contributed by atoms with Crippen molar-refractivity contribution >= 4 is 12.4 Å². The average molecular weight is 270 g/mol. The van der Waals surface area contributed by atoms with Crippen LogP contribution in [0.1, 0.15) is 23.7 Å². The van der Waals surface area contributed by atoms with Gasteiger partial charge in [0.15, 0.2) is 0 Å². The molecule has 0 aliphatic rings. The second kappa shape index (κ2) is 6.23. The van der Waals surface area contributed by atoms with E-state index in [9.17, 15) is 18.3 Å². The van der Waals surface area contributed by atoms with Gasteiger partial charge >= 0.3 is 6.18 Å². The number of aliphatic hydroxyl groups is 1. The summed E-state index contributed by atoms with van der Waals surface area (Å²) in [5, 5.41) is 9.57. The van der Waals surface area contributed by atoms with Gasteiger partial charge < -0.3 is 10.8 Å². The van der Waals surface area contributed by atoms with Gasteiger partial charge in [0.1, 0.15) is 6.04 Å². The molecule has 0 radical (unpaired) electrons. The highest BCUT2D eigenvalue weighted by atomic mass is 35.5. The fraction of sp³-hybridized carbons (Fsp3) is 0.455. The van der Waals surface area contributed by atoms with E-state index in [0.717, 1.165) is 5.56 Å². The van der Waals surface area contributed by atoms with E-state index in [-0.39, 0.29) is 12.4 Å². The third-order valence-electron chi connectivity index (χ3n) is 2.36.